The van der Waals surface area contributed by atoms with Crippen molar-refractivity contribution in [1.82, 2.24) is 15.2 Å². The lowest BCUT2D eigenvalue weighted by atomic mass is 10.0. The number of piperazine rings is 1. The molecule has 22 heavy (non-hydrogen) atoms. The van der Waals surface area contributed by atoms with Gasteiger partial charge >= 0.3 is 6.09 Å². The van der Waals surface area contributed by atoms with Crippen LogP contribution in [0.3, 0.4) is 0 Å². The van der Waals surface area contributed by atoms with E-state index in [0.717, 1.165) is 29.6 Å². The van der Waals surface area contributed by atoms with Crippen LogP contribution < -0.4 is 5.32 Å². The van der Waals surface area contributed by atoms with Gasteiger partial charge in [-0.2, -0.15) is 0 Å². The first kappa shape index (κ1) is 14.9. The molecular formula is C17H23N3O2. The summed E-state index contributed by atoms with van der Waals surface area (Å²) in [7, 11) is 0. The van der Waals surface area contributed by atoms with Crippen molar-refractivity contribution in [2.24, 2.45) is 0 Å². The minimum Gasteiger partial charge on any atom is -0.444 e. The first-order chi connectivity index (χ1) is 10.5. The second-order valence-corrected chi connectivity index (χ2v) is 6.68. The van der Waals surface area contributed by atoms with E-state index in [4.69, 9.17) is 4.74 Å². The average Bonchev–Trinajstić information content (AvgIpc) is 2.89. The number of aromatic nitrogens is 1. The third-order valence-corrected chi connectivity index (χ3v) is 3.85. The van der Waals surface area contributed by atoms with Crippen molar-refractivity contribution >= 4 is 17.0 Å². The van der Waals surface area contributed by atoms with Gasteiger partial charge in [-0.05, 0) is 26.8 Å². The summed E-state index contributed by atoms with van der Waals surface area (Å²) in [6.07, 6.45) is 1.75. The summed E-state index contributed by atoms with van der Waals surface area (Å²) in [5.41, 5.74) is 1.74. The molecular weight excluding hydrogens is 278 g/mol. The quantitative estimate of drug-likeness (QED) is 0.851. The van der Waals surface area contributed by atoms with Crippen molar-refractivity contribution in [3.63, 3.8) is 0 Å². The van der Waals surface area contributed by atoms with Crippen LogP contribution in [0.5, 0.6) is 0 Å². The number of para-hydroxylation sites is 1. The molecule has 1 amide bonds. The number of amides is 1. The maximum Gasteiger partial charge on any atom is 0.410 e. The Labute approximate surface area is 130 Å². The predicted octanol–water partition coefficient (Wildman–Crippen LogP) is 3.05. The van der Waals surface area contributed by atoms with E-state index < -0.39 is 5.60 Å². The Balaban J connectivity index is 1.91. The molecule has 5 heteroatoms. The molecule has 1 aliphatic heterocycles. The summed E-state index contributed by atoms with van der Waals surface area (Å²) >= 11 is 0. The maximum atomic E-state index is 12.5. The summed E-state index contributed by atoms with van der Waals surface area (Å²) in [5.74, 6) is 0. The van der Waals surface area contributed by atoms with Crippen LogP contribution in [-0.4, -0.2) is 41.2 Å². The van der Waals surface area contributed by atoms with Crippen LogP contribution in [-0.2, 0) is 4.74 Å². The lowest BCUT2D eigenvalue weighted by Crippen LogP contribution is -2.50. The molecule has 1 aliphatic rings. The van der Waals surface area contributed by atoms with Gasteiger partial charge in [0.2, 0.25) is 0 Å². The monoisotopic (exact) mass is 301 g/mol. The van der Waals surface area contributed by atoms with Gasteiger partial charge in [0.1, 0.15) is 5.60 Å². The van der Waals surface area contributed by atoms with Gasteiger partial charge in [0.15, 0.2) is 0 Å². The third kappa shape index (κ3) is 2.95. The molecule has 0 saturated carbocycles. The zero-order valence-corrected chi connectivity index (χ0v) is 13.3. The molecule has 5 nitrogen and oxygen atoms in total. The summed E-state index contributed by atoms with van der Waals surface area (Å²) in [4.78, 5) is 17.6. The van der Waals surface area contributed by atoms with E-state index >= 15 is 0 Å². The molecule has 2 aromatic rings. The largest absolute Gasteiger partial charge is 0.444 e. The lowest BCUT2D eigenvalue weighted by molar-refractivity contribution is 0.0119. The number of carbonyl (C=O) groups is 1. The Bertz CT molecular complexity index is 672. The number of hydrogen-bond acceptors (Lipinski definition) is 3. The van der Waals surface area contributed by atoms with E-state index in [9.17, 15) is 4.79 Å². The van der Waals surface area contributed by atoms with Crippen LogP contribution >= 0.6 is 0 Å². The van der Waals surface area contributed by atoms with Gasteiger partial charge < -0.3 is 15.0 Å². The summed E-state index contributed by atoms with van der Waals surface area (Å²) < 4.78 is 5.57. The van der Waals surface area contributed by atoms with E-state index in [0.29, 0.717) is 6.54 Å². The number of ether oxygens (including phenoxy) is 1. The summed E-state index contributed by atoms with van der Waals surface area (Å²) in [6, 6.07) is 8.15. The molecule has 3 rings (SSSR count). The second-order valence-electron chi connectivity index (χ2n) is 6.68. The molecule has 1 aromatic carbocycles. The molecule has 2 N–H and O–H groups in total. The standard InChI is InChI=1S/C17H23N3O2/c1-17(2,3)22-16(21)20-9-8-18-11-15(20)13-10-19-14-7-5-4-6-12(13)14/h4-7,10,15,18-19H,8-9,11H2,1-3H3/t15-/m1/s1. The number of nitrogens with zero attached hydrogens (tertiary/aromatic N) is 1. The van der Waals surface area contributed by atoms with Crippen molar-refractivity contribution in [2.75, 3.05) is 19.6 Å². The van der Waals surface area contributed by atoms with Crippen molar-refractivity contribution < 1.29 is 9.53 Å². The van der Waals surface area contributed by atoms with Crippen LogP contribution in [0, 0.1) is 0 Å². The molecule has 1 saturated heterocycles. The van der Waals surface area contributed by atoms with Crippen LogP contribution in [0.15, 0.2) is 30.5 Å². The molecule has 1 aromatic heterocycles. The fourth-order valence-electron chi connectivity index (χ4n) is 2.89. The Morgan fingerprint density at radius 2 is 2.09 bits per heavy atom. The average molecular weight is 301 g/mol. The van der Waals surface area contributed by atoms with Gasteiger partial charge in [0.25, 0.3) is 0 Å². The first-order valence-corrected chi connectivity index (χ1v) is 7.72. The molecule has 0 radical (unpaired) electrons. The highest BCUT2D eigenvalue weighted by molar-refractivity contribution is 5.84. The van der Waals surface area contributed by atoms with E-state index in [1.165, 1.54) is 0 Å². The highest BCUT2D eigenvalue weighted by Gasteiger charge is 2.32. The molecule has 0 bridgehead atoms. The molecule has 0 spiro atoms. The van der Waals surface area contributed by atoms with E-state index in [2.05, 4.69) is 16.4 Å². The molecule has 0 aliphatic carbocycles. The second kappa shape index (κ2) is 5.65. The normalized spacial score (nSPS) is 19.4. The zero-order chi connectivity index (χ0) is 15.7. The number of carbonyl (C=O) groups excluding carboxylic acids is 1. The number of nitrogens with one attached hydrogen (secondary N) is 2. The highest BCUT2D eigenvalue weighted by Crippen LogP contribution is 2.30. The number of hydrogen-bond donors (Lipinski definition) is 2. The fraction of sp³-hybridized carbons (Fsp3) is 0.471. The van der Waals surface area contributed by atoms with Gasteiger partial charge in [0.05, 0.1) is 6.04 Å². The van der Waals surface area contributed by atoms with E-state index in [-0.39, 0.29) is 12.1 Å². The topological polar surface area (TPSA) is 57.4 Å². The molecule has 1 fully saturated rings. The maximum absolute atomic E-state index is 12.5. The molecule has 0 unspecified atom stereocenters. The molecule has 1 atom stereocenters. The third-order valence-electron chi connectivity index (χ3n) is 3.85. The smallest absolute Gasteiger partial charge is 0.410 e. The molecule has 2 heterocycles. The van der Waals surface area contributed by atoms with Gasteiger partial charge in [-0.1, -0.05) is 18.2 Å². The Morgan fingerprint density at radius 3 is 2.86 bits per heavy atom. The van der Waals surface area contributed by atoms with Gasteiger partial charge in [-0.25, -0.2) is 4.79 Å². The Kier molecular flexibility index (Phi) is 3.83. The van der Waals surface area contributed by atoms with Crippen LogP contribution in [0.2, 0.25) is 0 Å². The number of H-pyrrole nitrogens is 1. The van der Waals surface area contributed by atoms with Crippen molar-refractivity contribution in [3.8, 4) is 0 Å². The minimum atomic E-state index is -0.479. The van der Waals surface area contributed by atoms with E-state index in [1.807, 2.05) is 50.1 Å². The van der Waals surface area contributed by atoms with Gasteiger partial charge in [0, 0.05) is 42.3 Å². The van der Waals surface area contributed by atoms with E-state index in [1.54, 1.807) is 0 Å². The molecule has 118 valence electrons. The first-order valence-electron chi connectivity index (χ1n) is 7.72. The number of rotatable bonds is 1. The summed E-state index contributed by atoms with van der Waals surface area (Å²) in [5, 5.41) is 4.53. The van der Waals surface area contributed by atoms with Crippen LogP contribution in [0.25, 0.3) is 10.9 Å². The fourth-order valence-corrected chi connectivity index (χ4v) is 2.89. The van der Waals surface area contributed by atoms with Crippen LogP contribution in [0.1, 0.15) is 32.4 Å². The zero-order valence-electron chi connectivity index (χ0n) is 13.3. The summed E-state index contributed by atoms with van der Waals surface area (Å²) in [6.45, 7) is 7.87. The van der Waals surface area contributed by atoms with Crippen molar-refractivity contribution in [3.05, 3.63) is 36.0 Å². The number of benzene rings is 1. The number of fused-ring (bicyclic) bond motifs is 1. The van der Waals surface area contributed by atoms with Gasteiger partial charge in [-0.3, -0.25) is 4.90 Å². The van der Waals surface area contributed by atoms with Crippen LogP contribution in [0.4, 0.5) is 4.79 Å². The SMILES string of the molecule is CC(C)(C)OC(=O)N1CCNC[C@@H]1c1c[nH]c2ccccc12. The van der Waals surface area contributed by atoms with Crippen molar-refractivity contribution in [1.29, 1.82) is 0 Å². The Hall–Kier alpha value is -2.01. The predicted molar refractivity (Wildman–Crippen MR) is 86.8 cm³/mol. The minimum absolute atomic E-state index is 0.0141. The Morgan fingerprint density at radius 1 is 1.32 bits per heavy atom. The highest BCUT2D eigenvalue weighted by atomic mass is 16.6. The van der Waals surface area contributed by atoms with Crippen molar-refractivity contribution in [2.45, 2.75) is 32.4 Å². The number of aromatic amines is 1. The lowest BCUT2D eigenvalue weighted by Gasteiger charge is -2.37. The van der Waals surface area contributed by atoms with Gasteiger partial charge in [-0.15, -0.1) is 0 Å².